The van der Waals surface area contributed by atoms with Crippen LogP contribution in [0.2, 0.25) is 0 Å². The lowest BCUT2D eigenvalue weighted by atomic mass is 10.2. The quantitative estimate of drug-likeness (QED) is 0.599. The van der Waals surface area contributed by atoms with E-state index in [0.717, 1.165) is 15.4 Å². The van der Waals surface area contributed by atoms with Crippen LogP contribution in [0.1, 0.15) is 11.1 Å². The summed E-state index contributed by atoms with van der Waals surface area (Å²) in [7, 11) is -6.92. The molecule has 146 valence electrons. The third-order valence-electron chi connectivity index (χ3n) is 4.15. The molecule has 3 rings (SSSR count). The summed E-state index contributed by atoms with van der Waals surface area (Å²) in [6.45, 7) is 3.76. The van der Waals surface area contributed by atoms with E-state index in [1.807, 2.05) is 13.8 Å². The van der Waals surface area contributed by atoms with Crippen LogP contribution in [0.4, 0.5) is 17.1 Å². The Morgan fingerprint density at radius 2 is 1.32 bits per heavy atom. The summed E-state index contributed by atoms with van der Waals surface area (Å²) in [5, 5.41) is 0. The van der Waals surface area contributed by atoms with E-state index in [2.05, 4.69) is 4.72 Å². The monoisotopic (exact) mass is 416 g/mol. The molecular formula is C20H20N2O4S2. The molecular weight excluding hydrogens is 396 g/mol. The van der Waals surface area contributed by atoms with Crippen LogP contribution in [0.25, 0.3) is 0 Å². The molecule has 0 saturated heterocycles. The lowest BCUT2D eigenvalue weighted by Crippen LogP contribution is -2.19. The molecule has 0 saturated carbocycles. The predicted molar refractivity (Wildman–Crippen MR) is 112 cm³/mol. The molecule has 0 atom stereocenters. The Morgan fingerprint density at radius 3 is 1.89 bits per heavy atom. The van der Waals surface area contributed by atoms with E-state index in [1.165, 1.54) is 18.2 Å². The van der Waals surface area contributed by atoms with E-state index in [1.54, 1.807) is 54.6 Å². The maximum atomic E-state index is 12.8. The van der Waals surface area contributed by atoms with E-state index in [-0.39, 0.29) is 16.3 Å². The van der Waals surface area contributed by atoms with Crippen LogP contribution in [-0.4, -0.2) is 16.8 Å². The summed E-state index contributed by atoms with van der Waals surface area (Å²) in [4.78, 5) is 0.0984. The number of hydrogen-bond donors (Lipinski definition) is 2. The highest BCUT2D eigenvalue weighted by molar-refractivity contribution is 7.92. The molecule has 0 fully saturated rings. The average molecular weight is 417 g/mol. The Hall–Kier alpha value is -2.84. The maximum absolute atomic E-state index is 12.8. The lowest BCUT2D eigenvalue weighted by molar-refractivity contribution is 0.601. The molecule has 1 N–H and O–H groups in total. The minimum absolute atomic E-state index is 0.0984. The summed E-state index contributed by atoms with van der Waals surface area (Å²) in [6, 6.07) is 19.7. The van der Waals surface area contributed by atoms with Gasteiger partial charge in [0.2, 0.25) is 10.9 Å². The van der Waals surface area contributed by atoms with Gasteiger partial charge in [0.1, 0.15) is 0 Å². The molecule has 3 aromatic carbocycles. The van der Waals surface area contributed by atoms with Crippen molar-refractivity contribution in [3.8, 4) is 0 Å². The molecule has 0 bridgehead atoms. The minimum Gasteiger partial charge on any atom is -0.277 e. The van der Waals surface area contributed by atoms with Crippen LogP contribution in [0.15, 0.2) is 77.7 Å². The van der Waals surface area contributed by atoms with Gasteiger partial charge >= 0.3 is 0 Å². The zero-order valence-electron chi connectivity index (χ0n) is 15.4. The van der Waals surface area contributed by atoms with Gasteiger partial charge in [0, 0.05) is 0 Å². The van der Waals surface area contributed by atoms with Gasteiger partial charge in [-0.05, 0) is 50.2 Å². The minimum atomic E-state index is -3.87. The lowest BCUT2D eigenvalue weighted by Gasteiger charge is -2.21. The zero-order chi connectivity index (χ0) is 20.3. The van der Waals surface area contributed by atoms with Gasteiger partial charge in [-0.2, -0.15) is 0 Å². The van der Waals surface area contributed by atoms with Crippen LogP contribution >= 0.6 is 0 Å². The van der Waals surface area contributed by atoms with Crippen molar-refractivity contribution in [2.24, 2.45) is 0 Å². The summed E-state index contributed by atoms with van der Waals surface area (Å²) in [5.74, 6) is 0. The van der Waals surface area contributed by atoms with Crippen LogP contribution < -0.4 is 9.03 Å². The molecule has 3 aromatic rings. The van der Waals surface area contributed by atoms with Gasteiger partial charge in [0.05, 0.1) is 22.0 Å². The Bertz CT molecular complexity index is 1150. The van der Waals surface area contributed by atoms with Gasteiger partial charge in [-0.25, -0.2) is 21.1 Å². The van der Waals surface area contributed by atoms with Crippen LogP contribution in [0.5, 0.6) is 0 Å². The number of benzene rings is 3. The van der Waals surface area contributed by atoms with Crippen molar-refractivity contribution in [1.29, 1.82) is 0 Å². The number of nitrogens with one attached hydrogen (secondary N) is 1. The SMILES string of the molecule is Cc1ccc(N(c2ccccc2NS(=O)(=O)c2ccc(C)cc2)[SH](=O)=O)cc1. The molecule has 0 unspecified atom stereocenters. The fourth-order valence-electron chi connectivity index (χ4n) is 2.67. The average Bonchev–Trinajstić information content (AvgIpc) is 2.65. The fraction of sp³-hybridized carbons (Fsp3) is 0.100. The number of rotatable bonds is 6. The Morgan fingerprint density at radius 1 is 0.786 bits per heavy atom. The molecule has 0 aliphatic carbocycles. The van der Waals surface area contributed by atoms with Gasteiger partial charge in [-0.15, -0.1) is 0 Å². The zero-order valence-corrected chi connectivity index (χ0v) is 17.1. The van der Waals surface area contributed by atoms with Crippen molar-refractivity contribution in [1.82, 2.24) is 0 Å². The normalized spacial score (nSPS) is 11.4. The molecule has 28 heavy (non-hydrogen) atoms. The molecule has 0 aromatic heterocycles. The van der Waals surface area contributed by atoms with E-state index in [9.17, 15) is 16.8 Å². The van der Waals surface area contributed by atoms with E-state index in [0.29, 0.717) is 5.69 Å². The van der Waals surface area contributed by atoms with Crippen molar-refractivity contribution >= 4 is 38.0 Å². The molecule has 0 amide bonds. The van der Waals surface area contributed by atoms with E-state index < -0.39 is 20.9 Å². The second-order valence-electron chi connectivity index (χ2n) is 6.32. The number of hydrogen-bond acceptors (Lipinski definition) is 4. The first-order valence-electron chi connectivity index (χ1n) is 8.47. The predicted octanol–water partition coefficient (Wildman–Crippen LogP) is 3.77. The number of sulfonamides is 1. The van der Waals surface area contributed by atoms with Gasteiger partial charge in [0.15, 0.2) is 0 Å². The largest absolute Gasteiger partial charge is 0.277 e. The van der Waals surface area contributed by atoms with Crippen molar-refractivity contribution in [2.75, 3.05) is 9.03 Å². The molecule has 6 nitrogen and oxygen atoms in total. The number of para-hydroxylation sites is 2. The summed E-state index contributed by atoms with van der Waals surface area (Å²) < 4.78 is 53.1. The Balaban J connectivity index is 2.04. The van der Waals surface area contributed by atoms with Crippen molar-refractivity contribution in [3.05, 3.63) is 83.9 Å². The highest BCUT2D eigenvalue weighted by Gasteiger charge is 2.20. The van der Waals surface area contributed by atoms with Crippen LogP contribution in [-0.2, 0) is 20.9 Å². The molecule has 8 heteroatoms. The van der Waals surface area contributed by atoms with Crippen LogP contribution in [0.3, 0.4) is 0 Å². The first-order valence-corrected chi connectivity index (χ1v) is 11.1. The molecule has 0 aliphatic rings. The van der Waals surface area contributed by atoms with Gasteiger partial charge in [-0.3, -0.25) is 4.72 Å². The van der Waals surface area contributed by atoms with Gasteiger partial charge in [-0.1, -0.05) is 47.5 Å². The molecule has 0 spiro atoms. The Kier molecular flexibility index (Phi) is 5.71. The smallest absolute Gasteiger partial charge is 0.261 e. The molecule has 0 radical (unpaired) electrons. The number of aryl methyl sites for hydroxylation is 2. The number of thiol groups is 1. The second kappa shape index (κ2) is 8.04. The molecule has 0 heterocycles. The first-order chi connectivity index (χ1) is 13.3. The molecule has 0 aliphatic heterocycles. The van der Waals surface area contributed by atoms with Crippen molar-refractivity contribution in [3.63, 3.8) is 0 Å². The highest BCUT2D eigenvalue weighted by atomic mass is 32.2. The fourth-order valence-corrected chi connectivity index (χ4v) is 4.42. The van der Waals surface area contributed by atoms with E-state index in [4.69, 9.17) is 0 Å². The summed E-state index contributed by atoms with van der Waals surface area (Å²) >= 11 is 0. The van der Waals surface area contributed by atoms with E-state index >= 15 is 0 Å². The Labute approximate surface area is 166 Å². The number of anilines is 3. The van der Waals surface area contributed by atoms with Crippen molar-refractivity contribution < 1.29 is 16.8 Å². The number of nitrogens with zero attached hydrogens (tertiary/aromatic N) is 1. The maximum Gasteiger partial charge on any atom is 0.261 e. The first kappa shape index (κ1) is 19.9. The third-order valence-corrected chi connectivity index (χ3v) is 6.30. The van der Waals surface area contributed by atoms with Gasteiger partial charge in [0.25, 0.3) is 10.0 Å². The third kappa shape index (κ3) is 4.35. The van der Waals surface area contributed by atoms with Crippen molar-refractivity contribution in [2.45, 2.75) is 18.7 Å². The second-order valence-corrected chi connectivity index (χ2v) is 8.88. The van der Waals surface area contributed by atoms with Gasteiger partial charge < -0.3 is 0 Å². The standard InChI is InChI=1S/C20H20N2O4S2/c1-15-7-11-17(12-8-15)22(27(23)24)20-6-4-3-5-19(20)21-28(25,26)18-13-9-16(2)10-14-18/h3-14,21,27H,1-2H3. The highest BCUT2D eigenvalue weighted by Crippen LogP contribution is 2.33. The van der Waals surface area contributed by atoms with Crippen LogP contribution in [0, 0.1) is 13.8 Å². The summed E-state index contributed by atoms with van der Waals surface area (Å²) in [6.07, 6.45) is 0. The topological polar surface area (TPSA) is 83.6 Å². The summed E-state index contributed by atoms with van der Waals surface area (Å²) in [5.41, 5.74) is 2.73.